The molecule has 8 nitrogen and oxygen atoms in total. The number of rotatable bonds is 7. The number of aromatic nitrogens is 3. The molecule has 2 aromatic rings. The molecule has 182 valence electrons. The van der Waals surface area contributed by atoms with Gasteiger partial charge in [-0.1, -0.05) is 19.1 Å². The lowest BCUT2D eigenvalue weighted by Gasteiger charge is -2.32. The first kappa shape index (κ1) is 25.7. The maximum absolute atomic E-state index is 9.34. The van der Waals surface area contributed by atoms with Gasteiger partial charge in [-0.3, -0.25) is 0 Å². The number of aryl methyl sites for hydroxylation is 2. The van der Waals surface area contributed by atoms with E-state index < -0.39 is 0 Å². The van der Waals surface area contributed by atoms with Crippen molar-refractivity contribution in [2.45, 2.75) is 65.1 Å². The van der Waals surface area contributed by atoms with E-state index in [1.807, 2.05) is 4.68 Å². The van der Waals surface area contributed by atoms with Crippen LogP contribution in [0.25, 0.3) is 0 Å². The van der Waals surface area contributed by atoms with Gasteiger partial charge in [-0.25, -0.2) is 14.7 Å². The van der Waals surface area contributed by atoms with Crippen LogP contribution in [0, 0.1) is 5.92 Å². The van der Waals surface area contributed by atoms with Crippen LogP contribution in [-0.4, -0.2) is 58.1 Å². The molecular weight excluding hydrogens is 529 g/mol. The number of nitrogens with one attached hydrogen (secondary N) is 2. The lowest BCUT2D eigenvalue weighted by molar-refractivity contribution is 0.203. The van der Waals surface area contributed by atoms with Gasteiger partial charge >= 0.3 is 0 Å². The molecule has 9 heteroatoms. The van der Waals surface area contributed by atoms with E-state index in [-0.39, 0.29) is 24.0 Å². The van der Waals surface area contributed by atoms with Crippen molar-refractivity contribution < 1.29 is 5.11 Å². The predicted molar refractivity (Wildman–Crippen MR) is 143 cm³/mol. The van der Waals surface area contributed by atoms with Gasteiger partial charge in [-0.2, -0.15) is 5.10 Å². The van der Waals surface area contributed by atoms with Gasteiger partial charge in [0.25, 0.3) is 0 Å². The summed E-state index contributed by atoms with van der Waals surface area (Å²) in [5.74, 6) is 3.35. The molecule has 0 amide bonds. The minimum absolute atomic E-state index is 0. The number of piperidine rings is 1. The molecule has 2 aliphatic heterocycles. The molecule has 0 bridgehead atoms. The molecule has 2 aliphatic rings. The van der Waals surface area contributed by atoms with Crippen LogP contribution < -0.4 is 15.5 Å². The van der Waals surface area contributed by atoms with Crippen LogP contribution in [0.2, 0.25) is 0 Å². The standard InChI is InChI=1S/C24H37N7O.HI/c1-3-22-28-23-10-7-20(16-31(23)29-22)27-24(25-4-2)26-15-18-5-8-21(9-6-18)30-13-11-19(17-32)12-14-30;/h5-6,8-9,19-20,32H,3-4,7,10-17H2,1-2H3,(H2,25,26,27);1H. The van der Waals surface area contributed by atoms with Crippen LogP contribution in [0.15, 0.2) is 29.3 Å². The van der Waals surface area contributed by atoms with E-state index in [4.69, 9.17) is 4.99 Å². The van der Waals surface area contributed by atoms with Crippen molar-refractivity contribution in [3.05, 3.63) is 41.5 Å². The minimum atomic E-state index is 0. The number of hydrogen-bond acceptors (Lipinski definition) is 5. The van der Waals surface area contributed by atoms with Gasteiger partial charge in [0.1, 0.15) is 5.82 Å². The molecule has 1 fully saturated rings. The van der Waals surface area contributed by atoms with Crippen LogP contribution in [0.4, 0.5) is 5.69 Å². The van der Waals surface area contributed by atoms with Crippen molar-refractivity contribution in [3.8, 4) is 0 Å². The fraction of sp³-hybridized carbons (Fsp3) is 0.625. The molecule has 0 aliphatic carbocycles. The number of guanidine groups is 1. The van der Waals surface area contributed by atoms with Gasteiger partial charge in [0.2, 0.25) is 0 Å². The maximum atomic E-state index is 9.34. The molecule has 33 heavy (non-hydrogen) atoms. The zero-order valence-electron chi connectivity index (χ0n) is 19.8. The molecule has 0 saturated carbocycles. The SMILES string of the molecule is CCNC(=NCc1ccc(N2CCC(CO)CC2)cc1)NC1CCc2nc(CC)nn2C1.I. The Labute approximate surface area is 214 Å². The largest absolute Gasteiger partial charge is 0.396 e. The van der Waals surface area contributed by atoms with E-state index in [1.54, 1.807) is 0 Å². The van der Waals surface area contributed by atoms with Crippen LogP contribution in [0.1, 0.15) is 50.3 Å². The van der Waals surface area contributed by atoms with Gasteiger partial charge in [-0.05, 0) is 49.8 Å². The Kier molecular flexibility index (Phi) is 9.78. The first-order valence-corrected chi connectivity index (χ1v) is 12.1. The number of aliphatic hydroxyl groups is 1. The first-order chi connectivity index (χ1) is 15.7. The Hall–Kier alpha value is -1.88. The maximum Gasteiger partial charge on any atom is 0.191 e. The monoisotopic (exact) mass is 567 g/mol. The van der Waals surface area contributed by atoms with E-state index in [2.05, 4.69) is 63.7 Å². The molecule has 3 N–H and O–H groups in total. The second-order valence-electron chi connectivity index (χ2n) is 8.83. The van der Waals surface area contributed by atoms with Crippen molar-refractivity contribution in [2.75, 3.05) is 31.1 Å². The van der Waals surface area contributed by atoms with Gasteiger partial charge in [0.15, 0.2) is 11.8 Å². The van der Waals surface area contributed by atoms with E-state index in [0.717, 1.165) is 75.9 Å². The highest BCUT2D eigenvalue weighted by atomic mass is 127. The molecular formula is C24H38IN7O. The molecule has 0 spiro atoms. The summed E-state index contributed by atoms with van der Waals surface area (Å²) < 4.78 is 2.05. The molecule has 3 heterocycles. The summed E-state index contributed by atoms with van der Waals surface area (Å²) >= 11 is 0. The second-order valence-corrected chi connectivity index (χ2v) is 8.83. The molecule has 1 saturated heterocycles. The smallest absolute Gasteiger partial charge is 0.191 e. The highest BCUT2D eigenvalue weighted by Gasteiger charge is 2.22. The van der Waals surface area contributed by atoms with Gasteiger partial charge < -0.3 is 20.6 Å². The lowest BCUT2D eigenvalue weighted by atomic mass is 9.97. The van der Waals surface area contributed by atoms with Crippen LogP contribution >= 0.6 is 24.0 Å². The summed E-state index contributed by atoms with van der Waals surface area (Å²) in [4.78, 5) is 11.8. The Morgan fingerprint density at radius 2 is 1.91 bits per heavy atom. The van der Waals surface area contributed by atoms with Crippen LogP contribution in [-0.2, 0) is 25.9 Å². The molecule has 4 rings (SSSR count). The molecule has 0 radical (unpaired) electrons. The number of aliphatic imine (C=N–C) groups is 1. The van der Waals surface area contributed by atoms with Gasteiger partial charge in [-0.15, -0.1) is 24.0 Å². The summed E-state index contributed by atoms with van der Waals surface area (Å²) in [5, 5.41) is 20.9. The summed E-state index contributed by atoms with van der Waals surface area (Å²) in [5.41, 5.74) is 2.46. The quantitative estimate of drug-likeness (QED) is 0.271. The van der Waals surface area contributed by atoms with E-state index in [1.165, 1.54) is 11.3 Å². The fourth-order valence-electron chi connectivity index (χ4n) is 4.50. The third kappa shape index (κ3) is 6.81. The number of nitrogens with zero attached hydrogens (tertiary/aromatic N) is 5. The number of fused-ring (bicyclic) bond motifs is 1. The van der Waals surface area contributed by atoms with Crippen molar-refractivity contribution >= 4 is 35.6 Å². The Bertz CT molecular complexity index is 891. The number of halogens is 1. The van der Waals surface area contributed by atoms with Crippen molar-refractivity contribution in [2.24, 2.45) is 10.9 Å². The van der Waals surface area contributed by atoms with E-state index in [9.17, 15) is 5.11 Å². The van der Waals surface area contributed by atoms with Crippen LogP contribution in [0.3, 0.4) is 0 Å². The lowest BCUT2D eigenvalue weighted by Crippen LogP contribution is -2.47. The zero-order valence-corrected chi connectivity index (χ0v) is 22.2. The molecule has 1 atom stereocenters. The average Bonchev–Trinajstić information content (AvgIpc) is 3.26. The number of benzene rings is 1. The summed E-state index contributed by atoms with van der Waals surface area (Å²) in [7, 11) is 0. The van der Waals surface area contributed by atoms with Crippen molar-refractivity contribution in [1.82, 2.24) is 25.4 Å². The van der Waals surface area contributed by atoms with Gasteiger partial charge in [0.05, 0.1) is 13.1 Å². The minimum Gasteiger partial charge on any atom is -0.396 e. The molecule has 1 aromatic heterocycles. The third-order valence-electron chi connectivity index (χ3n) is 6.50. The second kappa shape index (κ2) is 12.5. The van der Waals surface area contributed by atoms with Crippen molar-refractivity contribution in [3.63, 3.8) is 0 Å². The summed E-state index contributed by atoms with van der Waals surface area (Å²) in [6.07, 6.45) is 4.99. The zero-order chi connectivity index (χ0) is 22.3. The Balaban J connectivity index is 0.00000306. The highest BCUT2D eigenvalue weighted by Crippen LogP contribution is 2.23. The molecule has 1 aromatic carbocycles. The fourth-order valence-corrected chi connectivity index (χ4v) is 4.50. The average molecular weight is 568 g/mol. The molecule has 1 unspecified atom stereocenters. The Morgan fingerprint density at radius 1 is 1.15 bits per heavy atom. The summed E-state index contributed by atoms with van der Waals surface area (Å²) in [6.45, 7) is 8.84. The normalized spacial score (nSPS) is 19.1. The number of hydrogen-bond donors (Lipinski definition) is 3. The predicted octanol–water partition coefficient (Wildman–Crippen LogP) is 2.74. The number of aliphatic hydroxyl groups excluding tert-OH is 1. The first-order valence-electron chi connectivity index (χ1n) is 12.1. The van der Waals surface area contributed by atoms with E-state index in [0.29, 0.717) is 25.1 Å². The number of anilines is 1. The highest BCUT2D eigenvalue weighted by molar-refractivity contribution is 14.0. The Morgan fingerprint density at radius 3 is 2.58 bits per heavy atom. The van der Waals surface area contributed by atoms with Crippen molar-refractivity contribution in [1.29, 1.82) is 0 Å². The van der Waals surface area contributed by atoms with Crippen LogP contribution in [0.5, 0.6) is 0 Å². The third-order valence-corrected chi connectivity index (χ3v) is 6.50. The summed E-state index contributed by atoms with van der Waals surface area (Å²) in [6, 6.07) is 9.05. The van der Waals surface area contributed by atoms with Gasteiger partial charge in [0, 0.05) is 50.8 Å². The topological polar surface area (TPSA) is 90.6 Å². The van der Waals surface area contributed by atoms with E-state index >= 15 is 0 Å².